The van der Waals surface area contributed by atoms with Gasteiger partial charge in [0.1, 0.15) is 0 Å². The van der Waals surface area contributed by atoms with Crippen molar-refractivity contribution < 1.29 is 19.1 Å². The van der Waals surface area contributed by atoms with Crippen LogP contribution in [0, 0.1) is 0 Å². The largest absolute Gasteiger partial charge is 0.503 e. The van der Waals surface area contributed by atoms with E-state index in [1.165, 1.54) is 23.7 Å². The molecule has 7 heteroatoms. The predicted molar refractivity (Wildman–Crippen MR) is 99.3 cm³/mol. The number of aliphatic hydroxyl groups excluding tert-OH is 1. The van der Waals surface area contributed by atoms with Crippen molar-refractivity contribution in [3.05, 3.63) is 57.9 Å². The third kappa shape index (κ3) is 3.32. The van der Waals surface area contributed by atoms with Crippen LogP contribution in [0.2, 0.25) is 0 Å². The summed E-state index contributed by atoms with van der Waals surface area (Å²) < 4.78 is 5.20. The van der Waals surface area contributed by atoms with Crippen molar-refractivity contribution in [2.75, 3.05) is 26.2 Å². The lowest BCUT2D eigenvalue weighted by Gasteiger charge is -2.28. The number of aliphatic hydroxyl groups is 1. The van der Waals surface area contributed by atoms with Crippen LogP contribution >= 0.6 is 11.3 Å². The number of nitrogens with zero attached hydrogens (tertiary/aromatic N) is 2. The Bertz CT molecular complexity index is 792. The lowest BCUT2D eigenvalue weighted by atomic mass is 10.0. The fourth-order valence-electron chi connectivity index (χ4n) is 3.19. The fourth-order valence-corrected chi connectivity index (χ4v) is 4.03. The van der Waals surface area contributed by atoms with Crippen molar-refractivity contribution in [3.8, 4) is 0 Å². The Balaban J connectivity index is 1.94. The second kappa shape index (κ2) is 7.88. The first-order valence-corrected chi connectivity index (χ1v) is 9.54. The van der Waals surface area contributed by atoms with E-state index in [0.717, 1.165) is 18.0 Å². The van der Waals surface area contributed by atoms with E-state index in [2.05, 4.69) is 18.7 Å². The van der Waals surface area contributed by atoms with Crippen LogP contribution in [0.15, 0.2) is 51.7 Å². The quantitative estimate of drug-likeness (QED) is 0.718. The first-order chi connectivity index (χ1) is 12.6. The van der Waals surface area contributed by atoms with Gasteiger partial charge in [0.25, 0.3) is 5.91 Å². The number of carbonyl (C=O) groups is 2. The maximum absolute atomic E-state index is 12.9. The molecular weight excluding hydrogens is 352 g/mol. The predicted octanol–water partition coefficient (Wildman–Crippen LogP) is 3.26. The molecule has 1 N–H and O–H groups in total. The van der Waals surface area contributed by atoms with E-state index >= 15 is 0 Å². The Morgan fingerprint density at radius 1 is 1.31 bits per heavy atom. The molecule has 0 fully saturated rings. The normalized spacial score (nSPS) is 17.6. The molecule has 0 saturated carbocycles. The van der Waals surface area contributed by atoms with E-state index < -0.39 is 23.5 Å². The van der Waals surface area contributed by atoms with Crippen molar-refractivity contribution in [2.45, 2.75) is 19.9 Å². The minimum Gasteiger partial charge on any atom is -0.503 e. The number of carbonyl (C=O) groups excluding carboxylic acids is 2. The molecule has 1 amide bonds. The summed E-state index contributed by atoms with van der Waals surface area (Å²) in [5.41, 5.74) is 0.0898. The van der Waals surface area contributed by atoms with Gasteiger partial charge in [-0.25, -0.2) is 0 Å². The summed E-state index contributed by atoms with van der Waals surface area (Å²) in [6.07, 6.45) is 1.40. The molecule has 3 rings (SSSR count). The van der Waals surface area contributed by atoms with Crippen LogP contribution < -0.4 is 0 Å². The maximum atomic E-state index is 12.9. The lowest BCUT2D eigenvalue weighted by Crippen LogP contribution is -2.38. The van der Waals surface area contributed by atoms with Crippen LogP contribution in [0.4, 0.5) is 0 Å². The highest BCUT2D eigenvalue weighted by Crippen LogP contribution is 2.40. The molecular formula is C19H22N2O4S. The van der Waals surface area contributed by atoms with Crippen LogP contribution in [0.5, 0.6) is 0 Å². The molecule has 2 aromatic rings. The molecule has 0 saturated heterocycles. The summed E-state index contributed by atoms with van der Waals surface area (Å²) in [5, 5.41) is 12.4. The molecule has 1 aliphatic rings. The molecule has 1 unspecified atom stereocenters. The zero-order valence-corrected chi connectivity index (χ0v) is 15.7. The zero-order valence-electron chi connectivity index (χ0n) is 14.8. The van der Waals surface area contributed by atoms with Gasteiger partial charge in [-0.05, 0) is 36.7 Å². The second-order valence-electron chi connectivity index (χ2n) is 6.01. The van der Waals surface area contributed by atoms with Crippen molar-refractivity contribution >= 4 is 23.0 Å². The van der Waals surface area contributed by atoms with Crippen LogP contribution in [0.25, 0.3) is 0 Å². The average Bonchev–Trinajstić information content (AvgIpc) is 3.39. The van der Waals surface area contributed by atoms with Gasteiger partial charge in [-0.15, -0.1) is 11.3 Å². The highest BCUT2D eigenvalue weighted by Gasteiger charge is 2.44. The topological polar surface area (TPSA) is 74.0 Å². The van der Waals surface area contributed by atoms with Crippen molar-refractivity contribution in [1.29, 1.82) is 0 Å². The van der Waals surface area contributed by atoms with Crippen LogP contribution in [0.3, 0.4) is 0 Å². The molecule has 1 atom stereocenters. The molecule has 0 aliphatic carbocycles. The molecule has 0 bridgehead atoms. The van der Waals surface area contributed by atoms with Gasteiger partial charge < -0.3 is 19.3 Å². The van der Waals surface area contributed by atoms with Gasteiger partial charge in [0, 0.05) is 18.0 Å². The van der Waals surface area contributed by atoms with E-state index in [0.29, 0.717) is 13.1 Å². The van der Waals surface area contributed by atoms with Gasteiger partial charge in [-0.1, -0.05) is 19.9 Å². The number of amides is 1. The number of thiophene rings is 1. The Labute approximate surface area is 156 Å². The van der Waals surface area contributed by atoms with Crippen LogP contribution in [-0.2, 0) is 4.79 Å². The number of rotatable bonds is 8. The Kier molecular flexibility index (Phi) is 5.58. The van der Waals surface area contributed by atoms with Crippen molar-refractivity contribution in [3.63, 3.8) is 0 Å². The molecule has 3 heterocycles. The van der Waals surface area contributed by atoms with Crippen LogP contribution in [-0.4, -0.2) is 52.8 Å². The van der Waals surface area contributed by atoms with Gasteiger partial charge in [-0.3, -0.25) is 9.59 Å². The number of furan rings is 1. The maximum Gasteiger partial charge on any atom is 0.290 e. The van der Waals surface area contributed by atoms with Gasteiger partial charge in [0.15, 0.2) is 11.5 Å². The Morgan fingerprint density at radius 2 is 2.08 bits per heavy atom. The average molecular weight is 374 g/mol. The summed E-state index contributed by atoms with van der Waals surface area (Å²) in [7, 11) is 0. The minimum atomic E-state index is -0.587. The Hall–Kier alpha value is -2.38. The highest BCUT2D eigenvalue weighted by molar-refractivity contribution is 7.10. The van der Waals surface area contributed by atoms with Gasteiger partial charge in [-0.2, -0.15) is 0 Å². The summed E-state index contributed by atoms with van der Waals surface area (Å²) in [6.45, 7) is 6.99. The summed E-state index contributed by atoms with van der Waals surface area (Å²) in [4.78, 5) is 30.2. The van der Waals surface area contributed by atoms with E-state index in [1.54, 1.807) is 11.0 Å². The molecule has 2 aromatic heterocycles. The monoisotopic (exact) mass is 374 g/mol. The smallest absolute Gasteiger partial charge is 0.290 e. The first-order valence-electron chi connectivity index (χ1n) is 8.66. The van der Waals surface area contributed by atoms with Crippen molar-refractivity contribution in [1.82, 2.24) is 9.80 Å². The highest BCUT2D eigenvalue weighted by atomic mass is 32.1. The molecule has 0 aromatic carbocycles. The van der Waals surface area contributed by atoms with Crippen molar-refractivity contribution in [2.24, 2.45) is 0 Å². The molecule has 0 radical (unpaired) electrons. The molecule has 0 spiro atoms. The number of hydrogen-bond acceptors (Lipinski definition) is 6. The zero-order chi connectivity index (χ0) is 18.7. The minimum absolute atomic E-state index is 0.0898. The van der Waals surface area contributed by atoms with E-state index in [1.807, 2.05) is 17.5 Å². The van der Waals surface area contributed by atoms with E-state index in [-0.39, 0.29) is 11.3 Å². The fraction of sp³-hybridized carbons (Fsp3) is 0.368. The summed E-state index contributed by atoms with van der Waals surface area (Å²) in [6, 6.07) is 6.31. The molecule has 1 aliphatic heterocycles. The molecule has 6 nitrogen and oxygen atoms in total. The van der Waals surface area contributed by atoms with Gasteiger partial charge in [0.2, 0.25) is 5.78 Å². The van der Waals surface area contributed by atoms with Crippen LogP contribution in [0.1, 0.15) is 35.3 Å². The summed E-state index contributed by atoms with van der Waals surface area (Å²) in [5.74, 6) is -1.33. The van der Waals surface area contributed by atoms with Gasteiger partial charge in [0.05, 0.1) is 17.9 Å². The Morgan fingerprint density at radius 3 is 2.65 bits per heavy atom. The third-order valence-electron chi connectivity index (χ3n) is 4.66. The molecule has 138 valence electrons. The molecule has 26 heavy (non-hydrogen) atoms. The number of ketones is 1. The first kappa shape index (κ1) is 18.4. The second-order valence-corrected chi connectivity index (χ2v) is 6.99. The number of hydrogen-bond donors (Lipinski definition) is 1. The SMILES string of the molecule is CCN(CC)CCN1C(=O)C(O)=C(C(=O)c2ccco2)C1c1cccs1. The third-order valence-corrected chi connectivity index (χ3v) is 5.58. The standard InChI is InChI=1S/C19H22N2O4S/c1-3-20(4-2)9-10-21-16(14-8-6-12-26-14)15(18(23)19(21)24)17(22)13-7-5-11-25-13/h5-8,11-12,16,23H,3-4,9-10H2,1-2H3. The lowest BCUT2D eigenvalue weighted by molar-refractivity contribution is -0.129. The van der Waals surface area contributed by atoms with E-state index in [9.17, 15) is 14.7 Å². The number of Topliss-reactive ketones (excluding diaryl/α,β-unsaturated/α-hetero) is 1. The van der Waals surface area contributed by atoms with E-state index in [4.69, 9.17) is 4.42 Å². The summed E-state index contributed by atoms with van der Waals surface area (Å²) >= 11 is 1.46. The van der Waals surface area contributed by atoms with Gasteiger partial charge >= 0.3 is 0 Å². The number of likely N-dealkylation sites (N-methyl/N-ethyl adjacent to an activating group) is 1.